The summed E-state index contributed by atoms with van der Waals surface area (Å²) < 4.78 is 0. The van der Waals surface area contributed by atoms with Crippen LogP contribution in [0.5, 0.6) is 0 Å². The first-order chi connectivity index (χ1) is 16.2. The Balaban J connectivity index is 1.47. The number of hydrogen-bond acceptors (Lipinski definition) is 3. The Morgan fingerprint density at radius 3 is 1.09 bits per heavy atom. The quantitative estimate of drug-likeness (QED) is 0.292. The van der Waals surface area contributed by atoms with Gasteiger partial charge in [-0.3, -0.25) is 4.79 Å². The van der Waals surface area contributed by atoms with E-state index in [9.17, 15) is 4.79 Å². The monoisotopic (exact) mass is 448 g/mol. The molecule has 0 bridgehead atoms. The van der Waals surface area contributed by atoms with E-state index in [1.165, 1.54) is 33.4 Å². The van der Waals surface area contributed by atoms with Crippen LogP contribution in [0, 0.1) is 41.5 Å². The Bertz CT molecular complexity index is 1200. The molecule has 4 aromatic carbocycles. The SMILES string of the molecule is Cc1cc(C)c(Nc2ccc(C(=O)c3ccc(Nc4c(C)cc(C)cc4C)cc3)cc2)c(C)c1. The lowest BCUT2D eigenvalue weighted by Gasteiger charge is -2.15. The molecule has 0 aliphatic heterocycles. The summed E-state index contributed by atoms with van der Waals surface area (Å²) in [7, 11) is 0. The molecule has 0 atom stereocenters. The molecule has 0 aliphatic carbocycles. The summed E-state index contributed by atoms with van der Waals surface area (Å²) in [6.07, 6.45) is 0. The first kappa shape index (κ1) is 23.3. The number of hydrogen-bond donors (Lipinski definition) is 2. The van der Waals surface area contributed by atoms with Crippen LogP contribution in [0.25, 0.3) is 0 Å². The summed E-state index contributed by atoms with van der Waals surface area (Å²) in [5.41, 5.74) is 12.9. The minimum atomic E-state index is 0.0171. The van der Waals surface area contributed by atoms with Gasteiger partial charge in [-0.05, 0) is 112 Å². The molecule has 0 spiro atoms. The molecule has 34 heavy (non-hydrogen) atoms. The number of benzene rings is 4. The molecule has 3 heteroatoms. The third-order valence-corrected chi connectivity index (χ3v) is 6.19. The fourth-order valence-electron chi connectivity index (χ4n) is 4.62. The fraction of sp³-hybridized carbons (Fsp3) is 0.194. The Morgan fingerprint density at radius 1 is 0.500 bits per heavy atom. The normalized spacial score (nSPS) is 10.8. The molecule has 4 aromatic rings. The fourth-order valence-corrected chi connectivity index (χ4v) is 4.62. The standard InChI is InChI=1S/C31H32N2O/c1-19-15-21(3)29(22(4)16-19)32-27-11-7-25(8-12-27)31(34)26-9-13-28(14-10-26)33-30-23(5)17-20(2)18-24(30)6/h7-18,32-33H,1-6H3. The van der Waals surface area contributed by atoms with E-state index in [0.29, 0.717) is 11.1 Å². The van der Waals surface area contributed by atoms with Crippen LogP contribution in [-0.4, -0.2) is 5.78 Å². The first-order valence-corrected chi connectivity index (χ1v) is 11.7. The summed E-state index contributed by atoms with van der Waals surface area (Å²) in [4.78, 5) is 13.0. The largest absolute Gasteiger partial charge is 0.355 e. The van der Waals surface area contributed by atoms with Gasteiger partial charge in [0.2, 0.25) is 0 Å². The number of aryl methyl sites for hydroxylation is 6. The third-order valence-electron chi connectivity index (χ3n) is 6.19. The van der Waals surface area contributed by atoms with Crippen LogP contribution in [0.2, 0.25) is 0 Å². The molecule has 0 unspecified atom stereocenters. The van der Waals surface area contributed by atoms with Crippen molar-refractivity contribution in [3.05, 3.63) is 117 Å². The molecule has 0 amide bonds. The molecule has 0 saturated heterocycles. The zero-order chi connectivity index (χ0) is 24.4. The smallest absolute Gasteiger partial charge is 0.193 e. The number of anilines is 4. The topological polar surface area (TPSA) is 41.1 Å². The van der Waals surface area contributed by atoms with E-state index in [1.807, 2.05) is 48.5 Å². The molecule has 2 N–H and O–H groups in total. The van der Waals surface area contributed by atoms with Crippen LogP contribution >= 0.6 is 0 Å². The van der Waals surface area contributed by atoms with Gasteiger partial charge in [0.25, 0.3) is 0 Å². The van der Waals surface area contributed by atoms with Crippen molar-refractivity contribution in [2.75, 3.05) is 10.6 Å². The number of nitrogens with one attached hydrogen (secondary N) is 2. The highest BCUT2D eigenvalue weighted by atomic mass is 16.1. The molecule has 0 aromatic heterocycles. The van der Waals surface area contributed by atoms with Crippen molar-refractivity contribution in [3.63, 3.8) is 0 Å². The second kappa shape index (κ2) is 9.56. The molecular formula is C31H32N2O. The second-order valence-electron chi connectivity index (χ2n) is 9.28. The van der Waals surface area contributed by atoms with Crippen molar-refractivity contribution in [2.24, 2.45) is 0 Å². The van der Waals surface area contributed by atoms with Gasteiger partial charge in [0, 0.05) is 33.9 Å². The predicted molar refractivity (Wildman–Crippen MR) is 144 cm³/mol. The maximum absolute atomic E-state index is 13.0. The summed E-state index contributed by atoms with van der Waals surface area (Å²) >= 11 is 0. The summed E-state index contributed by atoms with van der Waals surface area (Å²) in [5.74, 6) is 0.0171. The number of carbonyl (C=O) groups is 1. The highest BCUT2D eigenvalue weighted by Gasteiger charge is 2.11. The van der Waals surface area contributed by atoms with Crippen molar-refractivity contribution in [1.29, 1.82) is 0 Å². The Morgan fingerprint density at radius 2 is 0.794 bits per heavy atom. The maximum atomic E-state index is 13.0. The average molecular weight is 449 g/mol. The number of ketones is 1. The zero-order valence-corrected chi connectivity index (χ0v) is 20.8. The van der Waals surface area contributed by atoms with E-state index in [2.05, 4.69) is 76.4 Å². The molecule has 0 aliphatic rings. The Hall–Kier alpha value is -3.85. The highest BCUT2D eigenvalue weighted by Crippen LogP contribution is 2.28. The van der Waals surface area contributed by atoms with Crippen LogP contribution < -0.4 is 10.6 Å². The second-order valence-corrected chi connectivity index (χ2v) is 9.28. The van der Waals surface area contributed by atoms with Crippen molar-refractivity contribution in [3.8, 4) is 0 Å². The van der Waals surface area contributed by atoms with Crippen LogP contribution in [-0.2, 0) is 0 Å². The van der Waals surface area contributed by atoms with Gasteiger partial charge in [-0.15, -0.1) is 0 Å². The average Bonchev–Trinajstić information content (AvgIpc) is 2.79. The summed E-state index contributed by atoms with van der Waals surface area (Å²) in [5, 5.41) is 6.99. The summed E-state index contributed by atoms with van der Waals surface area (Å²) in [6.45, 7) is 12.7. The van der Waals surface area contributed by atoms with E-state index < -0.39 is 0 Å². The molecule has 172 valence electrons. The number of rotatable bonds is 6. The molecule has 4 rings (SSSR count). The Kier molecular flexibility index (Phi) is 6.56. The van der Waals surface area contributed by atoms with Crippen molar-refractivity contribution >= 4 is 28.5 Å². The van der Waals surface area contributed by atoms with Crippen LogP contribution in [0.15, 0.2) is 72.8 Å². The first-order valence-electron chi connectivity index (χ1n) is 11.7. The molecule has 0 saturated carbocycles. The van der Waals surface area contributed by atoms with Gasteiger partial charge in [0.1, 0.15) is 0 Å². The minimum absolute atomic E-state index is 0.0171. The Labute approximate surface area is 202 Å². The van der Waals surface area contributed by atoms with Crippen molar-refractivity contribution < 1.29 is 4.79 Å². The summed E-state index contributed by atoms with van der Waals surface area (Å²) in [6, 6.07) is 24.1. The van der Waals surface area contributed by atoms with Gasteiger partial charge in [0.15, 0.2) is 5.78 Å². The molecule has 0 radical (unpaired) electrons. The highest BCUT2D eigenvalue weighted by molar-refractivity contribution is 6.09. The molecule has 3 nitrogen and oxygen atoms in total. The molecule has 0 heterocycles. The van der Waals surface area contributed by atoms with E-state index in [0.717, 1.165) is 22.7 Å². The van der Waals surface area contributed by atoms with Gasteiger partial charge in [0.05, 0.1) is 0 Å². The van der Waals surface area contributed by atoms with Gasteiger partial charge in [-0.25, -0.2) is 0 Å². The van der Waals surface area contributed by atoms with Crippen molar-refractivity contribution in [2.45, 2.75) is 41.5 Å². The third kappa shape index (κ3) is 5.04. The van der Waals surface area contributed by atoms with Gasteiger partial charge >= 0.3 is 0 Å². The van der Waals surface area contributed by atoms with Crippen LogP contribution in [0.4, 0.5) is 22.7 Å². The van der Waals surface area contributed by atoms with E-state index in [-0.39, 0.29) is 5.78 Å². The van der Waals surface area contributed by atoms with Gasteiger partial charge < -0.3 is 10.6 Å². The molecular weight excluding hydrogens is 416 g/mol. The maximum Gasteiger partial charge on any atom is 0.193 e. The minimum Gasteiger partial charge on any atom is -0.355 e. The van der Waals surface area contributed by atoms with E-state index in [4.69, 9.17) is 0 Å². The lowest BCUT2D eigenvalue weighted by molar-refractivity contribution is 0.103. The van der Waals surface area contributed by atoms with Gasteiger partial charge in [-0.1, -0.05) is 35.4 Å². The van der Waals surface area contributed by atoms with Crippen LogP contribution in [0.1, 0.15) is 49.3 Å². The van der Waals surface area contributed by atoms with Crippen LogP contribution in [0.3, 0.4) is 0 Å². The van der Waals surface area contributed by atoms with Gasteiger partial charge in [-0.2, -0.15) is 0 Å². The lowest BCUT2D eigenvalue weighted by atomic mass is 10.0. The van der Waals surface area contributed by atoms with Crippen molar-refractivity contribution in [1.82, 2.24) is 0 Å². The predicted octanol–water partition coefficient (Wildman–Crippen LogP) is 8.26. The lowest BCUT2D eigenvalue weighted by Crippen LogP contribution is -2.03. The van der Waals surface area contributed by atoms with E-state index >= 15 is 0 Å². The number of carbonyl (C=O) groups excluding carboxylic acids is 1. The van der Waals surface area contributed by atoms with E-state index in [1.54, 1.807) is 0 Å². The molecule has 0 fully saturated rings. The zero-order valence-electron chi connectivity index (χ0n) is 20.8.